The van der Waals surface area contributed by atoms with Crippen LogP contribution >= 0.6 is 0 Å². The molecular formula is C17H18F3N3O3. The van der Waals surface area contributed by atoms with Crippen LogP contribution in [0, 0.1) is 0 Å². The van der Waals surface area contributed by atoms with Gasteiger partial charge < -0.3 is 20.5 Å². The number of hydrogen-bond donors (Lipinski definition) is 3. The number of aliphatic hydroxyl groups is 1. The zero-order valence-electron chi connectivity index (χ0n) is 13.7. The lowest BCUT2D eigenvalue weighted by atomic mass is 10.1. The van der Waals surface area contributed by atoms with Gasteiger partial charge in [-0.25, -0.2) is 9.78 Å². The molecule has 1 atom stereocenters. The van der Waals surface area contributed by atoms with Gasteiger partial charge in [0.05, 0.1) is 18.0 Å². The second kappa shape index (κ2) is 9.04. The van der Waals surface area contributed by atoms with E-state index in [1.807, 2.05) is 18.2 Å². The van der Waals surface area contributed by atoms with Gasteiger partial charge in [-0.15, -0.1) is 0 Å². The molecule has 0 spiro atoms. The topological polar surface area (TPSA) is 83.5 Å². The van der Waals surface area contributed by atoms with E-state index in [2.05, 4.69) is 20.4 Å². The Bertz CT molecular complexity index is 694. The van der Waals surface area contributed by atoms with Crippen LogP contribution in [0.4, 0.5) is 23.7 Å². The van der Waals surface area contributed by atoms with Crippen LogP contribution in [0.5, 0.6) is 5.88 Å². The number of anilines is 1. The third-order valence-corrected chi connectivity index (χ3v) is 3.27. The first-order valence-corrected chi connectivity index (χ1v) is 7.77. The van der Waals surface area contributed by atoms with Crippen molar-refractivity contribution in [1.29, 1.82) is 0 Å². The molecule has 2 amide bonds. The molecule has 2 rings (SSSR count). The van der Waals surface area contributed by atoms with Crippen molar-refractivity contribution >= 4 is 11.7 Å². The van der Waals surface area contributed by atoms with Crippen molar-refractivity contribution in [2.45, 2.75) is 18.7 Å². The smallest absolute Gasteiger partial charge is 0.422 e. The van der Waals surface area contributed by atoms with E-state index in [9.17, 15) is 23.1 Å². The highest BCUT2D eigenvalue weighted by molar-refractivity contribution is 5.88. The molecular weight excluding hydrogens is 351 g/mol. The molecule has 0 aliphatic rings. The Hall–Kier alpha value is -2.81. The number of halogens is 3. The Morgan fingerprint density at radius 1 is 1.19 bits per heavy atom. The summed E-state index contributed by atoms with van der Waals surface area (Å²) >= 11 is 0. The zero-order valence-corrected chi connectivity index (χ0v) is 13.7. The lowest BCUT2D eigenvalue weighted by Crippen LogP contribution is -2.30. The number of urea groups is 1. The molecule has 1 aromatic heterocycles. The summed E-state index contributed by atoms with van der Waals surface area (Å²) in [6, 6.07) is 11.1. The van der Waals surface area contributed by atoms with Gasteiger partial charge in [-0.2, -0.15) is 13.2 Å². The molecule has 140 valence electrons. The van der Waals surface area contributed by atoms with E-state index in [4.69, 9.17) is 0 Å². The van der Waals surface area contributed by atoms with Crippen LogP contribution in [-0.4, -0.2) is 35.4 Å². The van der Waals surface area contributed by atoms with E-state index in [0.717, 1.165) is 5.56 Å². The Labute approximate surface area is 148 Å². The van der Waals surface area contributed by atoms with Crippen molar-refractivity contribution in [3.05, 3.63) is 54.2 Å². The number of amides is 2. The predicted molar refractivity (Wildman–Crippen MR) is 88.8 cm³/mol. The van der Waals surface area contributed by atoms with Crippen LogP contribution in [0.15, 0.2) is 48.7 Å². The molecule has 0 saturated carbocycles. The van der Waals surface area contributed by atoms with Gasteiger partial charge in [0.15, 0.2) is 6.61 Å². The Morgan fingerprint density at radius 2 is 1.92 bits per heavy atom. The van der Waals surface area contributed by atoms with Crippen LogP contribution in [0.1, 0.15) is 18.1 Å². The van der Waals surface area contributed by atoms with Gasteiger partial charge in [0.2, 0.25) is 5.88 Å². The zero-order chi connectivity index (χ0) is 19.0. The minimum absolute atomic E-state index is 0.195. The molecule has 0 unspecified atom stereocenters. The highest BCUT2D eigenvalue weighted by Gasteiger charge is 2.28. The van der Waals surface area contributed by atoms with Crippen LogP contribution in [0.3, 0.4) is 0 Å². The van der Waals surface area contributed by atoms with Gasteiger partial charge in [0.1, 0.15) is 0 Å². The fourth-order valence-corrected chi connectivity index (χ4v) is 2.03. The first-order chi connectivity index (χ1) is 12.3. The summed E-state index contributed by atoms with van der Waals surface area (Å²) in [6.07, 6.45) is -3.62. The van der Waals surface area contributed by atoms with Gasteiger partial charge in [0.25, 0.3) is 0 Å². The van der Waals surface area contributed by atoms with Crippen molar-refractivity contribution in [3.8, 4) is 5.88 Å². The predicted octanol–water partition coefficient (Wildman–Crippen LogP) is 3.27. The molecule has 3 N–H and O–H groups in total. The molecule has 0 fully saturated rings. The summed E-state index contributed by atoms with van der Waals surface area (Å²) < 4.78 is 40.6. The van der Waals surface area contributed by atoms with E-state index in [-0.39, 0.29) is 12.4 Å². The van der Waals surface area contributed by atoms with Crippen LogP contribution in [-0.2, 0) is 0 Å². The van der Waals surface area contributed by atoms with Crippen LogP contribution in [0.25, 0.3) is 0 Å². The second-order valence-electron chi connectivity index (χ2n) is 5.39. The number of benzene rings is 1. The number of carbonyl (C=O) groups excluding carboxylic acids is 1. The first-order valence-electron chi connectivity index (χ1n) is 7.77. The number of aromatic nitrogens is 1. The molecule has 1 aromatic carbocycles. The van der Waals surface area contributed by atoms with Crippen LogP contribution in [0.2, 0.25) is 0 Å². The average molecular weight is 369 g/mol. The van der Waals surface area contributed by atoms with Gasteiger partial charge in [-0.05, 0) is 18.1 Å². The van der Waals surface area contributed by atoms with Crippen molar-refractivity contribution in [1.82, 2.24) is 10.3 Å². The maximum Gasteiger partial charge on any atom is 0.422 e. The van der Waals surface area contributed by atoms with Crippen LogP contribution < -0.4 is 15.4 Å². The first kappa shape index (κ1) is 19.5. The Kier molecular flexibility index (Phi) is 6.79. The minimum atomic E-state index is -4.44. The summed E-state index contributed by atoms with van der Waals surface area (Å²) in [6.45, 7) is -1.20. The largest absolute Gasteiger partial charge is 0.468 e. The quantitative estimate of drug-likeness (QED) is 0.700. The summed E-state index contributed by atoms with van der Waals surface area (Å²) in [5, 5.41) is 15.0. The summed E-state index contributed by atoms with van der Waals surface area (Å²) in [7, 11) is 0. The maximum absolute atomic E-state index is 12.0. The number of hydrogen-bond acceptors (Lipinski definition) is 4. The number of rotatable bonds is 7. The number of pyridine rings is 1. The fourth-order valence-electron chi connectivity index (χ4n) is 2.03. The lowest BCUT2D eigenvalue weighted by Gasteiger charge is -2.12. The minimum Gasteiger partial charge on any atom is -0.468 e. The molecule has 1 heterocycles. The van der Waals surface area contributed by atoms with Crippen molar-refractivity contribution in [3.63, 3.8) is 0 Å². The summed E-state index contributed by atoms with van der Waals surface area (Å²) in [4.78, 5) is 15.4. The van der Waals surface area contributed by atoms with E-state index in [0.29, 0.717) is 12.1 Å². The number of nitrogens with zero attached hydrogens (tertiary/aromatic N) is 1. The summed E-state index contributed by atoms with van der Waals surface area (Å²) in [5.74, 6) is -0.195. The van der Waals surface area contributed by atoms with Gasteiger partial charge in [0, 0.05) is 12.6 Å². The number of carbonyl (C=O) groups is 1. The number of aliphatic hydroxyl groups excluding tert-OH is 1. The molecule has 9 heteroatoms. The SMILES string of the molecule is O=C(NCC[C@@H](O)c1ccccc1)Nc1ccc(OCC(F)(F)F)nc1. The number of ether oxygens (including phenoxy) is 1. The Morgan fingerprint density at radius 3 is 2.54 bits per heavy atom. The van der Waals surface area contributed by atoms with E-state index in [1.54, 1.807) is 12.1 Å². The van der Waals surface area contributed by atoms with Crippen molar-refractivity contribution in [2.75, 3.05) is 18.5 Å². The molecule has 0 radical (unpaired) electrons. The second-order valence-corrected chi connectivity index (χ2v) is 5.39. The molecule has 0 bridgehead atoms. The van der Waals surface area contributed by atoms with Crippen molar-refractivity contribution in [2.24, 2.45) is 0 Å². The number of nitrogens with one attached hydrogen (secondary N) is 2. The lowest BCUT2D eigenvalue weighted by molar-refractivity contribution is -0.154. The standard InChI is InChI=1S/C17H18F3N3O3/c18-17(19,20)11-26-15-7-6-13(10-22-15)23-16(25)21-9-8-14(24)12-4-2-1-3-5-12/h1-7,10,14,24H,8-9,11H2,(H2,21,23,25)/t14-/m1/s1. The maximum atomic E-state index is 12.0. The van der Waals surface area contributed by atoms with E-state index < -0.39 is 24.9 Å². The highest BCUT2D eigenvalue weighted by Crippen LogP contribution is 2.18. The van der Waals surface area contributed by atoms with E-state index in [1.165, 1.54) is 18.3 Å². The molecule has 26 heavy (non-hydrogen) atoms. The average Bonchev–Trinajstić information content (AvgIpc) is 2.61. The van der Waals surface area contributed by atoms with Gasteiger partial charge in [-0.3, -0.25) is 0 Å². The molecule has 0 aliphatic heterocycles. The molecule has 0 saturated heterocycles. The van der Waals surface area contributed by atoms with Crippen molar-refractivity contribution < 1.29 is 27.8 Å². The molecule has 6 nitrogen and oxygen atoms in total. The molecule has 0 aliphatic carbocycles. The third-order valence-electron chi connectivity index (χ3n) is 3.27. The third kappa shape index (κ3) is 6.98. The van der Waals surface area contributed by atoms with Gasteiger partial charge in [-0.1, -0.05) is 30.3 Å². The summed E-state index contributed by atoms with van der Waals surface area (Å²) in [5.41, 5.74) is 1.05. The fraction of sp³-hybridized carbons (Fsp3) is 0.294. The Balaban J connectivity index is 1.72. The normalized spacial score (nSPS) is 12.3. The van der Waals surface area contributed by atoms with Gasteiger partial charge >= 0.3 is 12.2 Å². The number of alkyl halides is 3. The molecule has 2 aromatic rings. The van der Waals surface area contributed by atoms with E-state index >= 15 is 0 Å². The highest BCUT2D eigenvalue weighted by atomic mass is 19.4. The monoisotopic (exact) mass is 369 g/mol.